The van der Waals surface area contributed by atoms with Crippen LogP contribution in [-0.4, -0.2) is 41.1 Å². The summed E-state index contributed by atoms with van der Waals surface area (Å²) in [5.41, 5.74) is 2.57. The third-order valence-corrected chi connectivity index (χ3v) is 6.67. The van der Waals surface area contributed by atoms with Crippen LogP contribution >= 0.6 is 23.1 Å². The Morgan fingerprint density at radius 2 is 2.03 bits per heavy atom. The minimum atomic E-state index is -0.345. The third-order valence-electron chi connectivity index (χ3n) is 4.56. The molecule has 1 aromatic carbocycles. The average molecular weight is 428 g/mol. The highest BCUT2D eigenvalue weighted by molar-refractivity contribution is 8.00. The Morgan fingerprint density at radius 3 is 2.83 bits per heavy atom. The van der Waals surface area contributed by atoms with Crippen LogP contribution in [0.25, 0.3) is 22.1 Å². The van der Waals surface area contributed by atoms with Crippen LogP contribution in [0.1, 0.15) is 31.7 Å². The van der Waals surface area contributed by atoms with E-state index in [1.165, 1.54) is 23.1 Å². The summed E-state index contributed by atoms with van der Waals surface area (Å²) < 4.78 is 2.00. The molecule has 10 heteroatoms. The maximum absolute atomic E-state index is 12.7. The van der Waals surface area contributed by atoms with Gasteiger partial charge in [0, 0.05) is 18.9 Å². The number of rotatable bonds is 7. The first-order valence-corrected chi connectivity index (χ1v) is 11.2. The predicted octanol–water partition coefficient (Wildman–Crippen LogP) is 3.83. The lowest BCUT2D eigenvalue weighted by atomic mass is 10.2. The monoisotopic (exact) mass is 427 g/mol. The van der Waals surface area contributed by atoms with Crippen molar-refractivity contribution >= 4 is 56.2 Å². The van der Waals surface area contributed by atoms with Gasteiger partial charge in [0.2, 0.25) is 16.2 Å². The zero-order chi connectivity index (χ0) is 20.4. The van der Waals surface area contributed by atoms with Crippen LogP contribution in [0.3, 0.4) is 0 Å². The molecule has 0 bridgehead atoms. The van der Waals surface area contributed by atoms with Crippen LogP contribution in [0.4, 0.5) is 5.13 Å². The molecule has 1 atom stereocenters. The highest BCUT2D eigenvalue weighted by atomic mass is 32.2. The SMILES string of the molecule is CCCc1nnc(NC(=O)[C@@H](CC)Sc2nnc3c4ccccc4n(C)c3n2)s1. The maximum Gasteiger partial charge on any atom is 0.239 e. The van der Waals surface area contributed by atoms with E-state index in [2.05, 4.69) is 37.6 Å². The Labute approximate surface area is 176 Å². The Hall–Kier alpha value is -2.59. The number of amides is 1. The van der Waals surface area contributed by atoms with Crippen LogP contribution in [0, 0.1) is 0 Å². The van der Waals surface area contributed by atoms with Crippen LogP contribution in [0.15, 0.2) is 29.4 Å². The molecule has 8 nitrogen and oxygen atoms in total. The molecule has 0 aliphatic heterocycles. The summed E-state index contributed by atoms with van der Waals surface area (Å²) in [4.78, 5) is 17.4. The third kappa shape index (κ3) is 3.95. The van der Waals surface area contributed by atoms with E-state index in [0.717, 1.165) is 39.9 Å². The van der Waals surface area contributed by atoms with Gasteiger partial charge in [0.1, 0.15) is 10.5 Å². The largest absolute Gasteiger partial charge is 0.327 e. The fourth-order valence-corrected chi connectivity index (χ4v) is 4.75. The Balaban J connectivity index is 1.54. The molecule has 0 aliphatic carbocycles. The number of anilines is 1. The number of carbonyl (C=O) groups excluding carboxylic acids is 1. The van der Waals surface area contributed by atoms with Gasteiger partial charge in [-0.25, -0.2) is 4.98 Å². The second kappa shape index (κ2) is 8.42. The van der Waals surface area contributed by atoms with Crippen molar-refractivity contribution in [3.05, 3.63) is 29.3 Å². The summed E-state index contributed by atoms with van der Waals surface area (Å²) in [6.07, 6.45) is 2.49. The van der Waals surface area contributed by atoms with Gasteiger partial charge in [-0.1, -0.05) is 55.1 Å². The fraction of sp³-hybridized carbons (Fsp3) is 0.368. The van der Waals surface area contributed by atoms with Crippen molar-refractivity contribution in [1.82, 2.24) is 29.9 Å². The summed E-state index contributed by atoms with van der Waals surface area (Å²) in [5, 5.41) is 22.3. The number of benzene rings is 1. The van der Waals surface area contributed by atoms with E-state index in [1.54, 1.807) is 0 Å². The first-order valence-electron chi connectivity index (χ1n) is 9.48. The van der Waals surface area contributed by atoms with Crippen LogP contribution < -0.4 is 5.32 Å². The molecule has 1 N–H and O–H groups in total. The minimum absolute atomic E-state index is 0.127. The van der Waals surface area contributed by atoms with Crippen molar-refractivity contribution in [2.24, 2.45) is 7.05 Å². The molecule has 0 spiro atoms. The number of hydrogen-bond donors (Lipinski definition) is 1. The van der Waals surface area contributed by atoms with E-state index >= 15 is 0 Å². The van der Waals surface area contributed by atoms with Crippen molar-refractivity contribution in [3.63, 3.8) is 0 Å². The van der Waals surface area contributed by atoms with Crippen LogP contribution in [-0.2, 0) is 18.3 Å². The number of aromatic nitrogens is 6. The normalized spacial score (nSPS) is 12.5. The molecule has 29 heavy (non-hydrogen) atoms. The Bertz CT molecular complexity index is 1170. The highest BCUT2D eigenvalue weighted by Crippen LogP contribution is 2.28. The molecular formula is C19H21N7OS2. The number of thioether (sulfide) groups is 1. The minimum Gasteiger partial charge on any atom is -0.327 e. The topological polar surface area (TPSA) is 98.5 Å². The zero-order valence-electron chi connectivity index (χ0n) is 16.4. The maximum atomic E-state index is 12.7. The molecule has 0 aliphatic rings. The second-order valence-corrected chi connectivity index (χ2v) is 8.83. The molecule has 0 saturated carbocycles. The molecule has 0 saturated heterocycles. The number of nitrogens with one attached hydrogen (secondary N) is 1. The molecular weight excluding hydrogens is 406 g/mol. The van der Waals surface area contributed by atoms with Gasteiger partial charge >= 0.3 is 0 Å². The molecule has 0 fully saturated rings. The summed E-state index contributed by atoms with van der Waals surface area (Å²) in [5.74, 6) is -0.127. The summed E-state index contributed by atoms with van der Waals surface area (Å²) in [6, 6.07) is 8.00. The fourth-order valence-electron chi connectivity index (χ4n) is 3.10. The first kappa shape index (κ1) is 19.7. The van der Waals surface area contributed by atoms with Crippen LogP contribution in [0.5, 0.6) is 0 Å². The molecule has 4 rings (SSSR count). The summed E-state index contributed by atoms with van der Waals surface area (Å²) in [6.45, 7) is 4.05. The quantitative estimate of drug-likeness (QED) is 0.448. The smallest absolute Gasteiger partial charge is 0.239 e. The van der Waals surface area contributed by atoms with Gasteiger partial charge in [0.15, 0.2) is 5.65 Å². The zero-order valence-corrected chi connectivity index (χ0v) is 18.0. The van der Waals surface area contributed by atoms with Crippen molar-refractivity contribution in [3.8, 4) is 0 Å². The molecule has 3 heterocycles. The number of fused-ring (bicyclic) bond motifs is 3. The van der Waals surface area contributed by atoms with E-state index in [4.69, 9.17) is 0 Å². The number of aryl methyl sites for hydroxylation is 2. The Kier molecular flexibility index (Phi) is 5.72. The van der Waals surface area contributed by atoms with E-state index in [9.17, 15) is 4.79 Å². The van der Waals surface area contributed by atoms with Crippen molar-refractivity contribution < 1.29 is 4.79 Å². The van der Waals surface area contributed by atoms with Crippen molar-refractivity contribution in [1.29, 1.82) is 0 Å². The lowest BCUT2D eigenvalue weighted by Gasteiger charge is -2.11. The molecule has 0 radical (unpaired) electrons. The van der Waals surface area contributed by atoms with Crippen molar-refractivity contribution in [2.45, 2.75) is 43.5 Å². The number of para-hydroxylation sites is 1. The van der Waals surface area contributed by atoms with E-state index in [-0.39, 0.29) is 11.2 Å². The van der Waals surface area contributed by atoms with Gasteiger partial charge in [-0.05, 0) is 18.9 Å². The molecule has 1 amide bonds. The summed E-state index contributed by atoms with van der Waals surface area (Å²) >= 11 is 2.73. The first-order chi connectivity index (χ1) is 14.1. The Morgan fingerprint density at radius 1 is 1.21 bits per heavy atom. The lowest BCUT2D eigenvalue weighted by Crippen LogP contribution is -2.24. The molecule has 150 valence electrons. The highest BCUT2D eigenvalue weighted by Gasteiger charge is 2.22. The van der Waals surface area contributed by atoms with E-state index in [1.807, 2.05) is 42.8 Å². The average Bonchev–Trinajstić information content (AvgIpc) is 3.29. The molecule has 3 aromatic heterocycles. The summed E-state index contributed by atoms with van der Waals surface area (Å²) in [7, 11) is 1.96. The van der Waals surface area contributed by atoms with Crippen molar-refractivity contribution in [2.75, 3.05) is 5.32 Å². The van der Waals surface area contributed by atoms with Gasteiger partial charge in [-0.3, -0.25) is 10.1 Å². The molecule has 4 aromatic rings. The number of carbonyl (C=O) groups is 1. The van der Waals surface area contributed by atoms with Gasteiger partial charge in [0.25, 0.3) is 0 Å². The van der Waals surface area contributed by atoms with Gasteiger partial charge in [0.05, 0.1) is 10.8 Å². The van der Waals surface area contributed by atoms with Gasteiger partial charge in [-0.2, -0.15) is 0 Å². The molecule has 0 unspecified atom stereocenters. The van der Waals surface area contributed by atoms with E-state index in [0.29, 0.717) is 16.7 Å². The standard InChI is InChI=1S/C19H21N7OS2/c1-4-8-14-22-24-19(29-14)21-17(27)13(5-2)28-18-20-16-15(23-25-18)11-9-6-7-10-12(11)26(16)3/h6-7,9-10,13H,4-5,8H2,1-3H3,(H,21,24,27)/t13-/m1/s1. The second-order valence-electron chi connectivity index (χ2n) is 6.60. The lowest BCUT2D eigenvalue weighted by molar-refractivity contribution is -0.115. The van der Waals surface area contributed by atoms with Gasteiger partial charge < -0.3 is 4.57 Å². The number of hydrogen-bond acceptors (Lipinski definition) is 8. The number of nitrogens with zero attached hydrogens (tertiary/aromatic N) is 6. The van der Waals surface area contributed by atoms with E-state index < -0.39 is 0 Å². The van der Waals surface area contributed by atoms with Gasteiger partial charge in [-0.15, -0.1) is 20.4 Å². The van der Waals surface area contributed by atoms with Crippen LogP contribution in [0.2, 0.25) is 0 Å². The predicted molar refractivity (Wildman–Crippen MR) is 116 cm³/mol.